The number of aliphatic hydroxyl groups excluding tert-OH is 1. The minimum atomic E-state index is -0.768. The number of nitrogen functional groups attached to an aromatic ring is 1. The summed E-state index contributed by atoms with van der Waals surface area (Å²) in [6, 6.07) is 7.01. The smallest absolute Gasteiger partial charge is 0.269 e. The number of carbonyl (C=O) groups is 2. The fourth-order valence-electron chi connectivity index (χ4n) is 2.65. The largest absolute Gasteiger partial charge is 0.474 e. The normalized spacial score (nSPS) is 15.1. The third kappa shape index (κ3) is 6.15. The van der Waals surface area contributed by atoms with Crippen LogP contribution in [0.4, 0.5) is 5.69 Å². The third-order valence-corrected chi connectivity index (χ3v) is 4.36. The van der Waals surface area contributed by atoms with Crippen LogP contribution in [0, 0.1) is 12.3 Å². The highest BCUT2D eigenvalue weighted by atomic mass is 16.5. The van der Waals surface area contributed by atoms with Crippen LogP contribution in [-0.4, -0.2) is 71.8 Å². The summed E-state index contributed by atoms with van der Waals surface area (Å²) in [6.45, 7) is 1.26. The second-order valence-corrected chi connectivity index (χ2v) is 6.61. The molecule has 1 aliphatic rings. The minimum Gasteiger partial charge on any atom is -0.474 e. The first-order valence-electron chi connectivity index (χ1n) is 9.37. The fraction of sp³-hybridized carbons (Fsp3) is 0.333. The zero-order chi connectivity index (χ0) is 23.0. The van der Waals surface area contributed by atoms with Gasteiger partial charge >= 0.3 is 0 Å². The summed E-state index contributed by atoms with van der Waals surface area (Å²) in [4.78, 5) is 32.0. The Morgan fingerprint density at radius 1 is 1.39 bits per heavy atom. The summed E-state index contributed by atoms with van der Waals surface area (Å²) in [5.41, 5.74) is 12.3. The number of hydrogen-bond donors (Lipinski definition) is 3. The van der Waals surface area contributed by atoms with Crippen LogP contribution in [0.15, 0.2) is 24.3 Å². The minimum absolute atomic E-state index is 0.00884. The molecule has 10 nitrogen and oxygen atoms in total. The Labute approximate surface area is 180 Å². The van der Waals surface area contributed by atoms with Gasteiger partial charge in [0.2, 0.25) is 5.88 Å². The second kappa shape index (κ2) is 10.9. The summed E-state index contributed by atoms with van der Waals surface area (Å²) >= 11 is 0. The number of terminal acetylenes is 1. The molecule has 1 aliphatic heterocycles. The van der Waals surface area contributed by atoms with E-state index in [4.69, 9.17) is 32.5 Å². The maximum atomic E-state index is 11.5. The zero-order valence-corrected chi connectivity index (χ0v) is 17.4. The SMILES string of the molecule is C#Cc1cccc(-c2nc(OCCOC)c(N)c(C(N)=O)n2)c1.CN1CC[C@H](O)C1=O. The molecule has 1 fully saturated rings. The van der Waals surface area contributed by atoms with E-state index < -0.39 is 12.0 Å². The van der Waals surface area contributed by atoms with Crippen LogP contribution in [-0.2, 0) is 9.53 Å². The van der Waals surface area contributed by atoms with E-state index in [9.17, 15) is 9.59 Å². The van der Waals surface area contributed by atoms with Crippen LogP contribution in [0.25, 0.3) is 11.4 Å². The van der Waals surface area contributed by atoms with Crippen LogP contribution >= 0.6 is 0 Å². The Hall–Kier alpha value is -3.68. The van der Waals surface area contributed by atoms with Crippen molar-refractivity contribution in [1.29, 1.82) is 0 Å². The van der Waals surface area contributed by atoms with E-state index in [1.807, 2.05) is 0 Å². The molecular formula is C21H25N5O5. The predicted molar refractivity (Wildman–Crippen MR) is 114 cm³/mol. The van der Waals surface area contributed by atoms with Gasteiger partial charge < -0.3 is 30.9 Å². The number of amides is 2. The van der Waals surface area contributed by atoms with Crippen molar-refractivity contribution in [2.24, 2.45) is 5.73 Å². The molecule has 164 valence electrons. The van der Waals surface area contributed by atoms with Gasteiger partial charge in [-0.2, -0.15) is 4.98 Å². The lowest BCUT2D eigenvalue weighted by Crippen LogP contribution is -2.24. The molecule has 3 rings (SSSR count). The first kappa shape index (κ1) is 23.6. The summed E-state index contributed by atoms with van der Waals surface area (Å²) in [6.07, 6.45) is 5.26. The number of aliphatic hydroxyl groups is 1. The molecule has 10 heteroatoms. The van der Waals surface area contributed by atoms with Gasteiger partial charge in [0.05, 0.1) is 6.61 Å². The highest BCUT2D eigenvalue weighted by molar-refractivity contribution is 5.97. The lowest BCUT2D eigenvalue weighted by Gasteiger charge is -2.11. The molecular weight excluding hydrogens is 402 g/mol. The van der Waals surface area contributed by atoms with Crippen LogP contribution in [0.2, 0.25) is 0 Å². The number of carbonyl (C=O) groups excluding carboxylic acids is 2. The van der Waals surface area contributed by atoms with Gasteiger partial charge in [0.1, 0.15) is 18.4 Å². The molecule has 2 amide bonds. The van der Waals surface area contributed by atoms with Gasteiger partial charge in [0.25, 0.3) is 11.8 Å². The van der Waals surface area contributed by atoms with E-state index in [0.717, 1.165) is 0 Å². The van der Waals surface area contributed by atoms with Gasteiger partial charge in [-0.3, -0.25) is 9.59 Å². The molecule has 0 unspecified atom stereocenters. The van der Waals surface area contributed by atoms with Crippen molar-refractivity contribution in [1.82, 2.24) is 14.9 Å². The van der Waals surface area contributed by atoms with Crippen molar-refractivity contribution in [3.8, 4) is 29.6 Å². The predicted octanol–water partition coefficient (Wildman–Crippen LogP) is 0.0406. The van der Waals surface area contributed by atoms with Gasteiger partial charge in [-0.15, -0.1) is 6.42 Å². The number of anilines is 1. The van der Waals surface area contributed by atoms with Crippen molar-refractivity contribution in [2.45, 2.75) is 12.5 Å². The van der Waals surface area contributed by atoms with Crippen molar-refractivity contribution in [3.05, 3.63) is 35.5 Å². The topological polar surface area (TPSA) is 154 Å². The number of benzene rings is 1. The molecule has 1 saturated heterocycles. The van der Waals surface area contributed by atoms with Gasteiger partial charge in [-0.1, -0.05) is 18.1 Å². The summed E-state index contributed by atoms with van der Waals surface area (Å²) in [5.74, 6) is 1.93. The maximum absolute atomic E-state index is 11.5. The number of likely N-dealkylation sites (N-methyl/N-ethyl adjacent to an activating group) is 1. The monoisotopic (exact) mass is 427 g/mol. The number of nitrogens with zero attached hydrogens (tertiary/aromatic N) is 3. The van der Waals surface area contributed by atoms with E-state index in [0.29, 0.717) is 30.7 Å². The molecule has 31 heavy (non-hydrogen) atoms. The number of likely N-dealkylation sites (tertiary alicyclic amines) is 1. The lowest BCUT2D eigenvalue weighted by molar-refractivity contribution is -0.133. The first-order valence-corrected chi connectivity index (χ1v) is 9.37. The number of primary amides is 1. The standard InChI is InChI=1S/C16H16N4O3.C5H9NO2/c1-3-10-5-4-6-11(9-10)15-19-13(14(18)21)12(17)16(20-15)23-8-7-22-2;1-6-3-2-4(7)5(6)8/h1,4-6,9H,7-8,17H2,2H3,(H2,18,21);4,7H,2-3H2,1H3/t;4-/m.0/s1. The van der Waals surface area contributed by atoms with Crippen LogP contribution < -0.4 is 16.2 Å². The molecule has 1 atom stereocenters. The molecule has 5 N–H and O–H groups in total. The first-order chi connectivity index (χ1) is 14.8. The quantitative estimate of drug-likeness (QED) is 0.431. The van der Waals surface area contributed by atoms with Crippen molar-refractivity contribution in [3.63, 3.8) is 0 Å². The molecule has 1 aromatic carbocycles. The number of nitrogens with two attached hydrogens (primary N) is 2. The van der Waals surface area contributed by atoms with E-state index in [-0.39, 0.29) is 35.6 Å². The van der Waals surface area contributed by atoms with Crippen molar-refractivity contribution >= 4 is 17.5 Å². The van der Waals surface area contributed by atoms with Crippen LogP contribution in [0.5, 0.6) is 5.88 Å². The average Bonchev–Trinajstić information content (AvgIpc) is 3.06. The molecule has 2 heterocycles. The Kier molecular flexibility index (Phi) is 8.31. The molecule has 0 radical (unpaired) electrons. The average molecular weight is 427 g/mol. The number of hydrogen-bond acceptors (Lipinski definition) is 8. The number of methoxy groups -OCH3 is 1. The third-order valence-electron chi connectivity index (χ3n) is 4.36. The van der Waals surface area contributed by atoms with Crippen molar-refractivity contribution < 1.29 is 24.2 Å². The van der Waals surface area contributed by atoms with E-state index >= 15 is 0 Å². The van der Waals surface area contributed by atoms with Gasteiger partial charge in [0.15, 0.2) is 11.5 Å². The van der Waals surface area contributed by atoms with Crippen LogP contribution in [0.1, 0.15) is 22.5 Å². The fourth-order valence-corrected chi connectivity index (χ4v) is 2.65. The summed E-state index contributed by atoms with van der Waals surface area (Å²) in [7, 11) is 3.23. The molecule has 0 saturated carbocycles. The van der Waals surface area contributed by atoms with Crippen LogP contribution in [0.3, 0.4) is 0 Å². The number of ether oxygens (including phenoxy) is 2. The van der Waals surface area contributed by atoms with E-state index in [1.54, 1.807) is 31.3 Å². The number of aromatic nitrogens is 2. The summed E-state index contributed by atoms with van der Waals surface area (Å²) < 4.78 is 10.3. The molecule has 1 aromatic heterocycles. The van der Waals surface area contributed by atoms with E-state index in [2.05, 4.69) is 15.9 Å². The number of rotatable bonds is 6. The van der Waals surface area contributed by atoms with Gasteiger partial charge in [-0.05, 0) is 18.6 Å². The Bertz CT molecular complexity index is 977. The molecule has 0 spiro atoms. The molecule has 2 aromatic rings. The Morgan fingerprint density at radius 2 is 2.13 bits per heavy atom. The Morgan fingerprint density at radius 3 is 2.65 bits per heavy atom. The lowest BCUT2D eigenvalue weighted by atomic mass is 10.1. The maximum Gasteiger partial charge on any atom is 0.269 e. The highest BCUT2D eigenvalue weighted by Gasteiger charge is 2.26. The Balaban J connectivity index is 0.000000357. The molecule has 0 aliphatic carbocycles. The molecule has 0 bridgehead atoms. The van der Waals surface area contributed by atoms with Gasteiger partial charge in [0, 0.05) is 31.8 Å². The van der Waals surface area contributed by atoms with E-state index in [1.165, 1.54) is 12.0 Å². The van der Waals surface area contributed by atoms with Gasteiger partial charge in [-0.25, -0.2) is 4.98 Å². The summed E-state index contributed by atoms with van der Waals surface area (Å²) in [5, 5.41) is 8.78. The zero-order valence-electron chi connectivity index (χ0n) is 17.4. The van der Waals surface area contributed by atoms with Crippen molar-refractivity contribution in [2.75, 3.05) is 39.6 Å². The second-order valence-electron chi connectivity index (χ2n) is 6.61. The highest BCUT2D eigenvalue weighted by Crippen LogP contribution is 2.26.